The average molecular weight is 575 g/mol. The van der Waals surface area contributed by atoms with E-state index in [4.69, 9.17) is 8.85 Å². The third-order valence-corrected chi connectivity index (χ3v) is 16.2. The number of hydrogen-bond donors (Lipinski definition) is 0. The van der Waals surface area contributed by atoms with Gasteiger partial charge in [-0.3, -0.25) is 0 Å². The highest BCUT2D eigenvalue weighted by Gasteiger charge is 2.33. The van der Waals surface area contributed by atoms with Crippen LogP contribution in [0, 0.1) is 11.8 Å². The lowest BCUT2D eigenvalue weighted by atomic mass is 10.00. The maximum absolute atomic E-state index is 6.29. The monoisotopic (exact) mass is 574 g/mol. The lowest BCUT2D eigenvalue weighted by Gasteiger charge is -2.35. The summed E-state index contributed by atoms with van der Waals surface area (Å²) in [5.41, 5.74) is 1.79. The van der Waals surface area contributed by atoms with Crippen molar-refractivity contribution in [2.75, 3.05) is 13.2 Å². The highest BCUT2D eigenvalue weighted by molar-refractivity contribution is 6.78. The second-order valence-electron chi connectivity index (χ2n) is 16.2. The van der Waals surface area contributed by atoms with Crippen molar-refractivity contribution in [3.05, 3.63) is 0 Å². The van der Waals surface area contributed by atoms with E-state index in [0.29, 0.717) is 11.8 Å². The van der Waals surface area contributed by atoms with Crippen LogP contribution >= 0.6 is 0 Å². The molecular weight excluding hydrogens is 505 g/mol. The zero-order valence-corrected chi connectivity index (χ0v) is 31.6. The highest BCUT2D eigenvalue weighted by Crippen LogP contribution is 2.37. The Balaban J connectivity index is 4.18. The molecule has 0 saturated heterocycles. The molecule has 0 aliphatic carbocycles. The molecule has 6 heteroatoms. The van der Waals surface area contributed by atoms with Crippen LogP contribution in [0.15, 0.2) is 0 Å². The fraction of sp³-hybridized carbons (Fsp3) is 1.00. The maximum atomic E-state index is 6.29. The fourth-order valence-corrected chi connectivity index (χ4v) is 13.2. The molecule has 0 fully saturated rings. The predicted octanol–water partition coefficient (Wildman–Crippen LogP) is 11.3. The van der Waals surface area contributed by atoms with Crippen molar-refractivity contribution in [2.45, 2.75) is 168 Å². The van der Waals surface area contributed by atoms with Crippen LogP contribution in [-0.4, -0.2) is 46.0 Å². The van der Waals surface area contributed by atoms with Gasteiger partial charge >= 0.3 is 0 Å². The third-order valence-electron chi connectivity index (χ3n) is 7.94. The quantitative estimate of drug-likeness (QED) is 0.100. The summed E-state index contributed by atoms with van der Waals surface area (Å²) in [6, 6.07) is 0. The summed E-state index contributed by atoms with van der Waals surface area (Å²) in [7, 11) is -5.11. The molecule has 4 atom stereocenters. The van der Waals surface area contributed by atoms with E-state index in [1.54, 1.807) is 0 Å². The molecule has 0 aromatic heterocycles. The van der Waals surface area contributed by atoms with Gasteiger partial charge in [0.05, 0.1) is 0 Å². The van der Waals surface area contributed by atoms with Crippen LogP contribution in [0.1, 0.15) is 78.1 Å². The van der Waals surface area contributed by atoms with Crippen LogP contribution in [-0.2, 0) is 8.85 Å². The molecule has 0 heterocycles. The van der Waals surface area contributed by atoms with Gasteiger partial charge in [-0.25, -0.2) is 0 Å². The molecular formula is C30H70O2Si4. The number of unbranched alkanes of at least 4 members (excludes halogenated alkanes) is 7. The summed E-state index contributed by atoms with van der Waals surface area (Å²) in [6.07, 6.45) is 14.3. The molecule has 0 saturated carbocycles. The maximum Gasteiger partial charge on any atom is 0.183 e. The van der Waals surface area contributed by atoms with E-state index in [0.717, 1.165) is 24.3 Å². The first kappa shape index (κ1) is 36.8. The normalized spacial score (nSPS) is 17.2. The average Bonchev–Trinajstić information content (AvgIpc) is 2.68. The van der Waals surface area contributed by atoms with Gasteiger partial charge in [0.1, 0.15) is 0 Å². The topological polar surface area (TPSA) is 18.5 Å². The van der Waals surface area contributed by atoms with Crippen molar-refractivity contribution in [2.24, 2.45) is 11.8 Å². The van der Waals surface area contributed by atoms with Crippen LogP contribution in [0.4, 0.5) is 0 Å². The van der Waals surface area contributed by atoms with Crippen molar-refractivity contribution in [1.29, 1.82) is 0 Å². The van der Waals surface area contributed by atoms with E-state index < -0.39 is 32.8 Å². The molecule has 2 nitrogen and oxygen atoms in total. The Kier molecular flexibility index (Phi) is 17.2. The van der Waals surface area contributed by atoms with Crippen molar-refractivity contribution in [1.82, 2.24) is 0 Å². The van der Waals surface area contributed by atoms with E-state index in [1.807, 2.05) is 0 Å². The Labute approximate surface area is 233 Å². The minimum Gasteiger partial charge on any atom is -0.417 e. The van der Waals surface area contributed by atoms with E-state index in [1.165, 1.54) is 64.2 Å². The molecule has 0 aromatic carbocycles. The fourth-order valence-electron chi connectivity index (χ4n) is 5.93. The lowest BCUT2D eigenvalue weighted by Crippen LogP contribution is -2.36. The summed E-state index contributed by atoms with van der Waals surface area (Å²) in [6.45, 7) is 36.2. The first-order valence-corrected chi connectivity index (χ1v) is 29.5. The zero-order valence-electron chi connectivity index (χ0n) is 27.6. The molecule has 36 heavy (non-hydrogen) atoms. The Bertz CT molecular complexity index is 505. The van der Waals surface area contributed by atoms with Gasteiger partial charge < -0.3 is 8.85 Å². The van der Waals surface area contributed by atoms with E-state index in [2.05, 4.69) is 92.4 Å². The van der Waals surface area contributed by atoms with Crippen molar-refractivity contribution < 1.29 is 8.85 Å². The zero-order chi connectivity index (χ0) is 28.2. The van der Waals surface area contributed by atoms with Gasteiger partial charge in [-0.15, -0.1) is 0 Å². The Morgan fingerprint density at radius 3 is 0.889 bits per heavy atom. The van der Waals surface area contributed by atoms with E-state index >= 15 is 0 Å². The van der Waals surface area contributed by atoms with Crippen molar-refractivity contribution in [3.63, 3.8) is 0 Å². The third kappa shape index (κ3) is 18.9. The van der Waals surface area contributed by atoms with Crippen LogP contribution in [0.3, 0.4) is 0 Å². The van der Waals surface area contributed by atoms with Gasteiger partial charge in [0.25, 0.3) is 0 Å². The van der Waals surface area contributed by atoms with Gasteiger partial charge in [0.2, 0.25) is 0 Å². The Hall–Kier alpha value is 0.788. The molecule has 0 aliphatic rings. The summed E-state index contributed by atoms with van der Waals surface area (Å²) in [5, 5.41) is 0. The number of rotatable bonds is 21. The molecule has 0 rings (SSSR count). The van der Waals surface area contributed by atoms with Crippen molar-refractivity contribution >= 4 is 32.8 Å². The smallest absolute Gasteiger partial charge is 0.183 e. The number of hydrogen-bond acceptors (Lipinski definition) is 2. The minimum absolute atomic E-state index is 0.716. The van der Waals surface area contributed by atoms with Crippen LogP contribution in [0.25, 0.3) is 0 Å². The summed E-state index contributed by atoms with van der Waals surface area (Å²) in [5.74, 6) is 1.43. The molecule has 0 aliphatic heterocycles. The van der Waals surface area contributed by atoms with Crippen LogP contribution < -0.4 is 0 Å². The summed E-state index contributed by atoms with van der Waals surface area (Å²) < 4.78 is 12.6. The van der Waals surface area contributed by atoms with Gasteiger partial charge in [0, 0.05) is 29.4 Å². The summed E-state index contributed by atoms with van der Waals surface area (Å²) >= 11 is 0. The lowest BCUT2D eigenvalue weighted by molar-refractivity contribution is 0.240. The molecule has 0 radical (unpaired) electrons. The van der Waals surface area contributed by atoms with Crippen LogP contribution in [0.5, 0.6) is 0 Å². The molecule has 0 bridgehead atoms. The van der Waals surface area contributed by atoms with Gasteiger partial charge in [-0.05, 0) is 62.2 Å². The first-order chi connectivity index (χ1) is 16.2. The standard InChI is InChI=1S/C30H70O2Si4/c1-27(25-31-35(9,10)11)29(33(3,4)5)23-21-19-17-15-16-18-20-22-24-30(34(6,7)8)28(2)26-32-36(12,13)14/h27-30H,15-26H2,1-14H3. The first-order valence-electron chi connectivity index (χ1n) is 15.5. The Morgan fingerprint density at radius 1 is 0.417 bits per heavy atom. The van der Waals surface area contributed by atoms with E-state index in [9.17, 15) is 0 Å². The minimum atomic E-state index is -1.41. The van der Waals surface area contributed by atoms with E-state index in [-0.39, 0.29) is 0 Å². The molecule has 0 amide bonds. The Morgan fingerprint density at radius 2 is 0.667 bits per heavy atom. The molecule has 218 valence electrons. The van der Waals surface area contributed by atoms with Crippen molar-refractivity contribution in [3.8, 4) is 0 Å². The summed E-state index contributed by atoms with van der Waals surface area (Å²) in [4.78, 5) is 0. The van der Waals surface area contributed by atoms with Gasteiger partial charge in [-0.2, -0.15) is 0 Å². The SMILES string of the molecule is CC(CO[Si](C)(C)C)C(CCCCCCCCCCC(C(C)CO[Si](C)(C)C)[Si](C)(C)C)[Si](C)(C)C. The molecule has 0 aromatic rings. The molecule has 4 unspecified atom stereocenters. The second-order valence-corrected chi connectivity index (χ2v) is 36.1. The largest absolute Gasteiger partial charge is 0.417 e. The molecule has 0 spiro atoms. The predicted molar refractivity (Wildman–Crippen MR) is 177 cm³/mol. The van der Waals surface area contributed by atoms with Gasteiger partial charge in [-0.1, -0.05) is 117 Å². The second kappa shape index (κ2) is 16.8. The van der Waals surface area contributed by atoms with Crippen LogP contribution in [0.2, 0.25) is 89.6 Å². The molecule has 0 N–H and O–H groups in total. The van der Waals surface area contributed by atoms with Gasteiger partial charge in [0.15, 0.2) is 16.6 Å². The highest BCUT2D eigenvalue weighted by atomic mass is 28.4.